The first-order valence-corrected chi connectivity index (χ1v) is 6.32. The number of unbranched alkanes of at least 4 members (excludes halogenated alkanes) is 1. The normalized spacial score (nSPS) is 13.3. The Morgan fingerprint density at radius 1 is 1.39 bits per heavy atom. The number of hydrazine groups is 1. The van der Waals surface area contributed by atoms with Crippen LogP contribution in [0, 0.1) is 0 Å². The van der Waals surface area contributed by atoms with Crippen molar-refractivity contribution in [2.45, 2.75) is 25.8 Å². The molecule has 1 aromatic rings. The molecule has 2 nitrogen and oxygen atoms in total. The van der Waals surface area contributed by atoms with Gasteiger partial charge in [-0.3, -0.25) is 5.01 Å². The van der Waals surface area contributed by atoms with Gasteiger partial charge in [0, 0.05) is 11.3 Å². The van der Waals surface area contributed by atoms with Crippen LogP contribution in [0.3, 0.4) is 0 Å². The fourth-order valence-corrected chi connectivity index (χ4v) is 2.16. The van der Waals surface area contributed by atoms with Gasteiger partial charge in [-0.05, 0) is 24.8 Å². The van der Waals surface area contributed by atoms with Crippen LogP contribution in [0.15, 0.2) is 55.8 Å². The maximum absolute atomic E-state index is 4.13. The molecule has 0 spiro atoms. The maximum atomic E-state index is 4.13. The van der Waals surface area contributed by atoms with Gasteiger partial charge >= 0.3 is 0 Å². The summed E-state index contributed by atoms with van der Waals surface area (Å²) in [5.74, 6) is 0. The van der Waals surface area contributed by atoms with Crippen LogP contribution in [-0.4, -0.2) is 5.01 Å². The lowest BCUT2D eigenvalue weighted by Gasteiger charge is -2.23. The van der Waals surface area contributed by atoms with Crippen LogP contribution in [0.2, 0.25) is 0 Å². The van der Waals surface area contributed by atoms with Crippen molar-refractivity contribution in [1.82, 2.24) is 10.4 Å². The molecule has 0 aliphatic carbocycles. The summed E-state index contributed by atoms with van der Waals surface area (Å²) in [5.41, 5.74) is 7.94. The van der Waals surface area contributed by atoms with Crippen molar-refractivity contribution >= 4 is 5.70 Å². The summed E-state index contributed by atoms with van der Waals surface area (Å²) in [7, 11) is 0. The highest BCUT2D eigenvalue weighted by molar-refractivity contribution is 5.68. The maximum Gasteiger partial charge on any atom is 0.0650 e. The van der Waals surface area contributed by atoms with E-state index in [1.165, 1.54) is 11.1 Å². The summed E-state index contributed by atoms with van der Waals surface area (Å²) < 4.78 is 0. The third kappa shape index (κ3) is 2.65. The van der Waals surface area contributed by atoms with E-state index in [-0.39, 0.29) is 0 Å². The van der Waals surface area contributed by atoms with E-state index in [4.69, 9.17) is 0 Å². The fraction of sp³-hybridized carbons (Fsp3) is 0.250. The van der Waals surface area contributed by atoms with E-state index in [9.17, 15) is 0 Å². The Kier molecular flexibility index (Phi) is 3.88. The van der Waals surface area contributed by atoms with Crippen LogP contribution in [0.4, 0.5) is 0 Å². The molecule has 1 aromatic carbocycles. The third-order valence-electron chi connectivity index (χ3n) is 3.16. The SMILES string of the molecule is C=CCCCC(=C)NN1Cc2ccccc2C1=C. The molecule has 0 bridgehead atoms. The molecule has 1 aliphatic heterocycles. The quantitative estimate of drug-likeness (QED) is 0.600. The summed E-state index contributed by atoms with van der Waals surface area (Å²) in [4.78, 5) is 0. The topological polar surface area (TPSA) is 15.3 Å². The van der Waals surface area contributed by atoms with Crippen LogP contribution in [0.1, 0.15) is 30.4 Å². The lowest BCUT2D eigenvalue weighted by atomic mass is 10.1. The Morgan fingerprint density at radius 3 is 2.89 bits per heavy atom. The number of rotatable bonds is 6. The summed E-state index contributed by atoms with van der Waals surface area (Å²) >= 11 is 0. The van der Waals surface area contributed by atoms with Gasteiger partial charge in [-0.25, -0.2) is 0 Å². The molecule has 0 saturated heterocycles. The second-order valence-corrected chi connectivity index (χ2v) is 4.59. The molecule has 18 heavy (non-hydrogen) atoms. The van der Waals surface area contributed by atoms with Crippen molar-refractivity contribution in [3.63, 3.8) is 0 Å². The molecular formula is C16H20N2. The van der Waals surface area contributed by atoms with Crippen LogP contribution < -0.4 is 5.43 Å². The number of hydrogen-bond acceptors (Lipinski definition) is 2. The van der Waals surface area contributed by atoms with Gasteiger partial charge < -0.3 is 5.43 Å². The smallest absolute Gasteiger partial charge is 0.0650 e. The molecule has 0 radical (unpaired) electrons. The molecule has 0 amide bonds. The molecule has 0 fully saturated rings. The van der Waals surface area contributed by atoms with Crippen molar-refractivity contribution in [1.29, 1.82) is 0 Å². The van der Waals surface area contributed by atoms with E-state index in [0.29, 0.717) is 0 Å². The molecule has 2 heteroatoms. The average Bonchev–Trinajstić information content (AvgIpc) is 2.67. The Morgan fingerprint density at radius 2 is 2.17 bits per heavy atom. The van der Waals surface area contributed by atoms with E-state index >= 15 is 0 Å². The minimum atomic E-state index is 0.857. The van der Waals surface area contributed by atoms with Crippen molar-refractivity contribution in [2.24, 2.45) is 0 Å². The molecule has 2 rings (SSSR count). The first-order valence-electron chi connectivity index (χ1n) is 6.32. The second-order valence-electron chi connectivity index (χ2n) is 4.59. The van der Waals surface area contributed by atoms with E-state index in [2.05, 4.69) is 48.4 Å². The van der Waals surface area contributed by atoms with E-state index in [1.54, 1.807) is 0 Å². The standard InChI is InChI=1S/C16H20N2/c1-4-5-6-9-13(2)17-18-12-15-10-7-8-11-16(15)14(18)3/h4,7-8,10-11,17H,1-3,5-6,9,12H2. The average molecular weight is 240 g/mol. The fourth-order valence-electron chi connectivity index (χ4n) is 2.16. The first-order chi connectivity index (χ1) is 8.72. The lowest BCUT2D eigenvalue weighted by Crippen LogP contribution is -2.31. The number of benzene rings is 1. The summed E-state index contributed by atoms with van der Waals surface area (Å²) in [6.07, 6.45) is 5.02. The minimum absolute atomic E-state index is 0.857. The molecule has 0 atom stereocenters. The van der Waals surface area contributed by atoms with Gasteiger partial charge in [0.1, 0.15) is 0 Å². The Hall–Kier alpha value is -1.96. The van der Waals surface area contributed by atoms with Gasteiger partial charge in [0.15, 0.2) is 0 Å². The molecule has 1 aliphatic rings. The van der Waals surface area contributed by atoms with Crippen LogP contribution >= 0.6 is 0 Å². The summed E-state index contributed by atoms with van der Waals surface area (Å²) in [6.45, 7) is 12.8. The van der Waals surface area contributed by atoms with E-state index in [1.807, 2.05) is 12.1 Å². The Balaban J connectivity index is 1.91. The molecule has 0 saturated carbocycles. The van der Waals surface area contributed by atoms with Crippen molar-refractivity contribution < 1.29 is 0 Å². The zero-order valence-corrected chi connectivity index (χ0v) is 10.8. The van der Waals surface area contributed by atoms with Gasteiger partial charge in [0.2, 0.25) is 0 Å². The molecule has 1 N–H and O–H groups in total. The number of nitrogens with one attached hydrogen (secondary N) is 1. The van der Waals surface area contributed by atoms with Gasteiger partial charge in [-0.1, -0.05) is 43.5 Å². The molecule has 1 heterocycles. The zero-order valence-electron chi connectivity index (χ0n) is 10.8. The highest BCUT2D eigenvalue weighted by Crippen LogP contribution is 2.29. The number of nitrogens with zero attached hydrogens (tertiary/aromatic N) is 1. The monoisotopic (exact) mass is 240 g/mol. The van der Waals surface area contributed by atoms with Crippen molar-refractivity contribution in [3.8, 4) is 0 Å². The van der Waals surface area contributed by atoms with E-state index in [0.717, 1.165) is 37.2 Å². The summed E-state index contributed by atoms with van der Waals surface area (Å²) in [6, 6.07) is 8.36. The first kappa shape index (κ1) is 12.5. The van der Waals surface area contributed by atoms with Gasteiger partial charge in [0.05, 0.1) is 12.2 Å². The second kappa shape index (κ2) is 5.58. The lowest BCUT2D eigenvalue weighted by molar-refractivity contribution is 0.326. The van der Waals surface area contributed by atoms with Crippen molar-refractivity contribution in [2.75, 3.05) is 0 Å². The molecule has 0 aromatic heterocycles. The van der Waals surface area contributed by atoms with Crippen molar-refractivity contribution in [3.05, 3.63) is 66.9 Å². The highest BCUT2D eigenvalue weighted by atomic mass is 15.5. The third-order valence-corrected chi connectivity index (χ3v) is 3.16. The predicted octanol–water partition coefficient (Wildman–Crippen LogP) is 3.85. The molecule has 0 unspecified atom stereocenters. The van der Waals surface area contributed by atoms with Gasteiger partial charge in [0.25, 0.3) is 0 Å². The van der Waals surface area contributed by atoms with Crippen LogP contribution in [0.25, 0.3) is 5.70 Å². The molecular weight excluding hydrogens is 220 g/mol. The minimum Gasteiger partial charge on any atom is -0.303 e. The van der Waals surface area contributed by atoms with Crippen LogP contribution in [-0.2, 0) is 6.54 Å². The van der Waals surface area contributed by atoms with Crippen LogP contribution in [0.5, 0.6) is 0 Å². The summed E-state index contributed by atoms with van der Waals surface area (Å²) in [5, 5.41) is 2.07. The largest absolute Gasteiger partial charge is 0.303 e. The Labute approximate surface area is 109 Å². The van der Waals surface area contributed by atoms with Gasteiger partial charge in [-0.2, -0.15) is 0 Å². The number of hydrogen-bond donors (Lipinski definition) is 1. The highest BCUT2D eigenvalue weighted by Gasteiger charge is 2.21. The predicted molar refractivity (Wildman–Crippen MR) is 77.3 cm³/mol. The number of allylic oxidation sites excluding steroid dienone is 2. The molecule has 94 valence electrons. The number of fused-ring (bicyclic) bond motifs is 1. The Bertz CT molecular complexity index is 474. The zero-order chi connectivity index (χ0) is 13.0. The van der Waals surface area contributed by atoms with E-state index < -0.39 is 0 Å². The van der Waals surface area contributed by atoms with Gasteiger partial charge in [-0.15, -0.1) is 6.58 Å².